The van der Waals surface area contributed by atoms with E-state index in [0.29, 0.717) is 0 Å². The van der Waals surface area contributed by atoms with Gasteiger partial charge in [-0.05, 0) is 6.42 Å². The molecule has 0 radical (unpaired) electrons. The van der Waals surface area contributed by atoms with Crippen LogP contribution in [0.15, 0.2) is 12.3 Å². The molecule has 2 nitrogen and oxygen atoms in total. The minimum atomic E-state index is 0.924. The zero-order chi connectivity index (χ0) is 5.86. The summed E-state index contributed by atoms with van der Waals surface area (Å²) in [4.78, 5) is 0. The minimum Gasteiger partial charge on any atom is -0.319 e. The summed E-state index contributed by atoms with van der Waals surface area (Å²) in [7, 11) is 1.78. The van der Waals surface area contributed by atoms with Crippen LogP contribution in [0.2, 0.25) is 0 Å². The van der Waals surface area contributed by atoms with E-state index in [1.54, 1.807) is 7.05 Å². The molecule has 0 saturated carbocycles. The Morgan fingerprint density at radius 1 is 1.86 bits per heavy atom. The molecule has 0 aliphatic heterocycles. The van der Waals surface area contributed by atoms with E-state index in [-0.39, 0.29) is 0 Å². The largest absolute Gasteiger partial charge is 0.319 e. The average Bonchev–Trinajstić information content (AvgIpc) is 1.65. The van der Waals surface area contributed by atoms with E-state index in [2.05, 4.69) is 6.58 Å². The van der Waals surface area contributed by atoms with Gasteiger partial charge in [0.1, 0.15) is 0 Å². The van der Waals surface area contributed by atoms with Crippen molar-refractivity contribution in [2.45, 2.75) is 13.3 Å². The number of hydrogen-bond acceptors (Lipinski definition) is 2. The summed E-state index contributed by atoms with van der Waals surface area (Å²) in [5, 5.41) is 1.53. The molecule has 0 aromatic carbocycles. The van der Waals surface area contributed by atoms with Gasteiger partial charge in [0.2, 0.25) is 0 Å². The number of hydrazine groups is 1. The van der Waals surface area contributed by atoms with Crippen molar-refractivity contribution in [3.63, 3.8) is 0 Å². The Balaban J connectivity index is 3.35. The molecule has 0 bridgehead atoms. The van der Waals surface area contributed by atoms with Gasteiger partial charge < -0.3 is 5.01 Å². The summed E-state index contributed by atoms with van der Waals surface area (Å²) < 4.78 is 0. The van der Waals surface area contributed by atoms with E-state index < -0.39 is 0 Å². The third-order valence-electron chi connectivity index (χ3n) is 0.907. The van der Waals surface area contributed by atoms with Crippen molar-refractivity contribution in [3.05, 3.63) is 12.3 Å². The molecule has 7 heavy (non-hydrogen) atoms. The van der Waals surface area contributed by atoms with Gasteiger partial charge in [-0.25, -0.2) is 5.84 Å². The lowest BCUT2D eigenvalue weighted by Crippen LogP contribution is -2.23. The smallest absolute Gasteiger partial charge is 0.0225 e. The Kier molecular flexibility index (Phi) is 2.45. The van der Waals surface area contributed by atoms with Crippen molar-refractivity contribution >= 4 is 0 Å². The maximum absolute atomic E-state index is 5.28. The summed E-state index contributed by atoms with van der Waals surface area (Å²) in [6.07, 6.45) is 0.924. The zero-order valence-electron chi connectivity index (χ0n) is 4.94. The summed E-state index contributed by atoms with van der Waals surface area (Å²) in [6.45, 7) is 5.69. The molecular formula is C5H12N2. The van der Waals surface area contributed by atoms with Crippen LogP contribution in [-0.4, -0.2) is 12.1 Å². The Bertz CT molecular complexity index is 66.5. The van der Waals surface area contributed by atoms with Crippen LogP contribution in [0.4, 0.5) is 0 Å². The Hall–Kier alpha value is -0.500. The van der Waals surface area contributed by atoms with E-state index in [1.807, 2.05) is 6.92 Å². The molecule has 0 unspecified atom stereocenters. The molecule has 0 aromatic rings. The standard InChI is InChI=1S/C5H12N2/c1-4-5(2)7(3)6/h2,4,6H2,1,3H3. The monoisotopic (exact) mass is 100 g/mol. The first-order valence-electron chi connectivity index (χ1n) is 2.34. The second-order valence-electron chi connectivity index (χ2n) is 1.53. The highest BCUT2D eigenvalue weighted by molar-refractivity contribution is 4.86. The Labute approximate surface area is 44.6 Å². The van der Waals surface area contributed by atoms with Crippen molar-refractivity contribution < 1.29 is 0 Å². The molecule has 0 aliphatic carbocycles. The lowest BCUT2D eigenvalue weighted by Gasteiger charge is -2.11. The van der Waals surface area contributed by atoms with Crippen LogP contribution in [0, 0.1) is 0 Å². The highest BCUT2D eigenvalue weighted by Gasteiger charge is 1.87. The molecule has 0 heterocycles. The van der Waals surface area contributed by atoms with Gasteiger partial charge in [-0.15, -0.1) is 0 Å². The van der Waals surface area contributed by atoms with Crippen LogP contribution in [0.1, 0.15) is 13.3 Å². The van der Waals surface area contributed by atoms with Crippen LogP contribution in [0.25, 0.3) is 0 Å². The number of hydrogen-bond donors (Lipinski definition) is 1. The van der Waals surface area contributed by atoms with Crippen LogP contribution in [0.5, 0.6) is 0 Å². The molecule has 0 atom stereocenters. The lowest BCUT2D eigenvalue weighted by atomic mass is 10.4. The van der Waals surface area contributed by atoms with Gasteiger partial charge in [-0.1, -0.05) is 13.5 Å². The third kappa shape index (κ3) is 2.23. The maximum Gasteiger partial charge on any atom is 0.0225 e. The van der Waals surface area contributed by atoms with Gasteiger partial charge >= 0.3 is 0 Å². The topological polar surface area (TPSA) is 29.3 Å². The van der Waals surface area contributed by atoms with Gasteiger partial charge in [0.25, 0.3) is 0 Å². The van der Waals surface area contributed by atoms with Crippen LogP contribution in [-0.2, 0) is 0 Å². The van der Waals surface area contributed by atoms with Crippen molar-refractivity contribution in [1.29, 1.82) is 0 Å². The predicted molar refractivity (Wildman–Crippen MR) is 31.4 cm³/mol. The summed E-state index contributed by atoms with van der Waals surface area (Å²) in [5.41, 5.74) is 0.958. The van der Waals surface area contributed by atoms with Crippen molar-refractivity contribution in [2.24, 2.45) is 5.84 Å². The molecule has 0 aromatic heterocycles. The van der Waals surface area contributed by atoms with Crippen LogP contribution >= 0.6 is 0 Å². The molecule has 2 heteroatoms. The molecule has 2 N–H and O–H groups in total. The SMILES string of the molecule is C=C(CC)N(C)N. The lowest BCUT2D eigenvalue weighted by molar-refractivity contribution is 0.429. The Morgan fingerprint density at radius 3 is 2.29 bits per heavy atom. The zero-order valence-corrected chi connectivity index (χ0v) is 4.94. The van der Waals surface area contributed by atoms with Crippen molar-refractivity contribution in [1.82, 2.24) is 5.01 Å². The number of rotatable bonds is 2. The number of allylic oxidation sites excluding steroid dienone is 1. The highest BCUT2D eigenvalue weighted by atomic mass is 15.4. The van der Waals surface area contributed by atoms with E-state index in [9.17, 15) is 0 Å². The second kappa shape index (κ2) is 2.64. The van der Waals surface area contributed by atoms with Gasteiger partial charge in [0.15, 0.2) is 0 Å². The van der Waals surface area contributed by atoms with Crippen LogP contribution < -0.4 is 5.84 Å². The summed E-state index contributed by atoms with van der Waals surface area (Å²) in [5.74, 6) is 5.28. The van der Waals surface area contributed by atoms with E-state index in [0.717, 1.165) is 12.1 Å². The van der Waals surface area contributed by atoms with E-state index in [4.69, 9.17) is 5.84 Å². The number of nitrogens with two attached hydrogens (primary N) is 1. The summed E-state index contributed by atoms with van der Waals surface area (Å²) >= 11 is 0. The van der Waals surface area contributed by atoms with Gasteiger partial charge in [-0.2, -0.15) is 0 Å². The van der Waals surface area contributed by atoms with Gasteiger partial charge in [0.05, 0.1) is 0 Å². The quantitative estimate of drug-likeness (QED) is 0.409. The molecule has 42 valence electrons. The molecule has 0 saturated heterocycles. The third-order valence-corrected chi connectivity index (χ3v) is 0.907. The highest BCUT2D eigenvalue weighted by Crippen LogP contribution is 1.94. The fourth-order valence-electron chi connectivity index (χ4n) is 0.249. The van der Waals surface area contributed by atoms with E-state index in [1.165, 1.54) is 5.01 Å². The summed E-state index contributed by atoms with van der Waals surface area (Å²) in [6, 6.07) is 0. The predicted octanol–water partition coefficient (Wildman–Crippen LogP) is 0.716. The first-order valence-corrected chi connectivity index (χ1v) is 2.34. The van der Waals surface area contributed by atoms with Crippen molar-refractivity contribution in [3.8, 4) is 0 Å². The molecule has 0 fully saturated rings. The maximum atomic E-state index is 5.28. The van der Waals surface area contributed by atoms with Crippen molar-refractivity contribution in [2.75, 3.05) is 7.05 Å². The molecule has 0 aliphatic rings. The second-order valence-corrected chi connectivity index (χ2v) is 1.53. The molecular weight excluding hydrogens is 88.1 g/mol. The van der Waals surface area contributed by atoms with Gasteiger partial charge in [0, 0.05) is 12.7 Å². The fourth-order valence-corrected chi connectivity index (χ4v) is 0.249. The number of nitrogens with zero attached hydrogens (tertiary/aromatic N) is 1. The molecule has 0 rings (SSSR count). The first-order chi connectivity index (χ1) is 3.18. The Morgan fingerprint density at radius 2 is 2.29 bits per heavy atom. The minimum absolute atomic E-state index is 0.924. The normalized spacial score (nSPS) is 8.43. The average molecular weight is 100 g/mol. The fraction of sp³-hybridized carbons (Fsp3) is 0.600. The molecule has 0 spiro atoms. The van der Waals surface area contributed by atoms with Crippen LogP contribution in [0.3, 0.4) is 0 Å². The molecule has 0 amide bonds. The van der Waals surface area contributed by atoms with E-state index >= 15 is 0 Å². The van der Waals surface area contributed by atoms with Gasteiger partial charge in [-0.3, -0.25) is 0 Å². The first kappa shape index (κ1) is 6.50.